The standard InChI is InChI=1S/C18H16BrClN2O3/c1-10(24-2)25-16-8-15-12(7-13(16)19)18(21-9-17(23)22-15)11-5-3-4-6-14(11)20/h3-8,10H,9H2,1-2H3,(H,22,23). The van der Waals surface area contributed by atoms with Gasteiger partial charge in [-0.05, 0) is 35.0 Å². The molecule has 2 aromatic carbocycles. The maximum Gasteiger partial charge on any atom is 0.246 e. The molecule has 0 radical (unpaired) electrons. The molecule has 25 heavy (non-hydrogen) atoms. The van der Waals surface area contributed by atoms with Crippen molar-refractivity contribution in [2.75, 3.05) is 19.0 Å². The lowest BCUT2D eigenvalue weighted by Crippen LogP contribution is -2.16. The number of benzodiazepines with no additional fused rings is 1. The van der Waals surface area contributed by atoms with E-state index in [1.165, 1.54) is 0 Å². The number of hydrogen-bond acceptors (Lipinski definition) is 4. The molecule has 0 saturated carbocycles. The minimum atomic E-state index is -0.424. The van der Waals surface area contributed by atoms with Crippen molar-refractivity contribution in [1.82, 2.24) is 0 Å². The Bertz CT molecular complexity index is 854. The molecule has 0 aromatic heterocycles. The van der Waals surface area contributed by atoms with Crippen LogP contribution in [0, 0.1) is 0 Å². The fourth-order valence-corrected chi connectivity index (χ4v) is 3.14. The summed E-state index contributed by atoms with van der Waals surface area (Å²) in [6.45, 7) is 1.81. The van der Waals surface area contributed by atoms with Crippen LogP contribution in [0.4, 0.5) is 5.69 Å². The monoisotopic (exact) mass is 422 g/mol. The van der Waals surface area contributed by atoms with Crippen LogP contribution in [-0.2, 0) is 9.53 Å². The molecule has 0 aliphatic carbocycles. The third kappa shape index (κ3) is 3.86. The maximum absolute atomic E-state index is 12.1. The Morgan fingerprint density at radius 1 is 1.28 bits per heavy atom. The first kappa shape index (κ1) is 17.9. The van der Waals surface area contributed by atoms with Gasteiger partial charge in [0.15, 0.2) is 6.29 Å². The number of carbonyl (C=O) groups is 1. The van der Waals surface area contributed by atoms with Crippen LogP contribution < -0.4 is 10.1 Å². The third-order valence-corrected chi connectivity index (χ3v) is 4.69. The van der Waals surface area contributed by atoms with E-state index in [1.807, 2.05) is 24.3 Å². The quantitative estimate of drug-likeness (QED) is 0.747. The zero-order valence-electron chi connectivity index (χ0n) is 13.7. The fraction of sp³-hybridized carbons (Fsp3) is 0.222. The van der Waals surface area contributed by atoms with E-state index in [1.54, 1.807) is 26.2 Å². The number of rotatable bonds is 4. The molecule has 0 fully saturated rings. The lowest BCUT2D eigenvalue weighted by Gasteiger charge is -2.18. The lowest BCUT2D eigenvalue weighted by molar-refractivity contribution is -0.114. The minimum absolute atomic E-state index is 0.0253. The molecule has 130 valence electrons. The fourth-order valence-electron chi connectivity index (χ4n) is 2.48. The smallest absolute Gasteiger partial charge is 0.246 e. The van der Waals surface area contributed by atoms with Gasteiger partial charge in [0, 0.05) is 29.3 Å². The number of carbonyl (C=O) groups excluding carboxylic acids is 1. The van der Waals surface area contributed by atoms with Crippen LogP contribution in [-0.4, -0.2) is 31.6 Å². The summed E-state index contributed by atoms with van der Waals surface area (Å²) >= 11 is 9.84. The highest BCUT2D eigenvalue weighted by Gasteiger charge is 2.22. The molecule has 0 saturated heterocycles. The summed E-state index contributed by atoms with van der Waals surface area (Å²) in [7, 11) is 1.56. The minimum Gasteiger partial charge on any atom is -0.464 e. The van der Waals surface area contributed by atoms with E-state index in [0.29, 0.717) is 22.2 Å². The Morgan fingerprint density at radius 3 is 2.76 bits per heavy atom. The van der Waals surface area contributed by atoms with Gasteiger partial charge in [-0.2, -0.15) is 0 Å². The van der Waals surface area contributed by atoms with Crippen LogP contribution in [0.1, 0.15) is 18.1 Å². The lowest BCUT2D eigenvalue weighted by atomic mass is 10.0. The molecule has 1 amide bonds. The number of amides is 1. The molecule has 7 heteroatoms. The third-order valence-electron chi connectivity index (χ3n) is 3.74. The van der Waals surface area contributed by atoms with Gasteiger partial charge in [-0.15, -0.1) is 0 Å². The van der Waals surface area contributed by atoms with E-state index < -0.39 is 6.29 Å². The average molecular weight is 424 g/mol. The largest absolute Gasteiger partial charge is 0.464 e. The Labute approximate surface area is 159 Å². The van der Waals surface area contributed by atoms with Crippen LogP contribution in [0.15, 0.2) is 45.9 Å². The second-order valence-electron chi connectivity index (χ2n) is 5.44. The Balaban J connectivity index is 2.12. The van der Waals surface area contributed by atoms with Gasteiger partial charge in [0.05, 0.1) is 15.9 Å². The van der Waals surface area contributed by atoms with Crippen LogP contribution in [0.5, 0.6) is 5.75 Å². The molecule has 0 bridgehead atoms. The molecule has 5 nitrogen and oxygen atoms in total. The van der Waals surface area contributed by atoms with E-state index in [4.69, 9.17) is 21.1 Å². The summed E-state index contributed by atoms with van der Waals surface area (Å²) in [6.07, 6.45) is -0.424. The summed E-state index contributed by atoms with van der Waals surface area (Å²) in [5.41, 5.74) is 2.81. The van der Waals surface area contributed by atoms with Gasteiger partial charge in [0.25, 0.3) is 0 Å². The van der Waals surface area contributed by atoms with E-state index in [9.17, 15) is 4.79 Å². The predicted molar refractivity (Wildman–Crippen MR) is 102 cm³/mol. The van der Waals surface area contributed by atoms with Crippen molar-refractivity contribution in [2.24, 2.45) is 4.99 Å². The molecule has 3 rings (SSSR count). The first-order chi connectivity index (χ1) is 12.0. The number of anilines is 1. The predicted octanol–water partition coefficient (Wildman–Crippen LogP) is 4.26. The normalized spacial score (nSPS) is 14.9. The van der Waals surface area contributed by atoms with E-state index >= 15 is 0 Å². The van der Waals surface area contributed by atoms with E-state index in [2.05, 4.69) is 26.2 Å². The molecule has 1 unspecified atom stereocenters. The van der Waals surface area contributed by atoms with Crippen molar-refractivity contribution in [2.45, 2.75) is 13.2 Å². The van der Waals surface area contributed by atoms with Gasteiger partial charge in [-0.3, -0.25) is 9.79 Å². The molecule has 0 spiro atoms. The number of nitrogens with zero attached hydrogens (tertiary/aromatic N) is 1. The second kappa shape index (κ2) is 7.56. The number of ether oxygens (including phenoxy) is 2. The summed E-state index contributed by atoms with van der Waals surface area (Å²) < 4.78 is 11.6. The molecule has 1 aliphatic heterocycles. The van der Waals surface area contributed by atoms with Crippen molar-refractivity contribution >= 4 is 44.8 Å². The maximum atomic E-state index is 12.1. The molecular weight excluding hydrogens is 408 g/mol. The van der Waals surface area contributed by atoms with Gasteiger partial charge >= 0.3 is 0 Å². The zero-order valence-corrected chi connectivity index (χ0v) is 16.0. The molecule has 1 N–H and O–H groups in total. The van der Waals surface area contributed by atoms with Gasteiger partial charge < -0.3 is 14.8 Å². The topological polar surface area (TPSA) is 59.9 Å². The second-order valence-corrected chi connectivity index (χ2v) is 6.70. The Hall–Kier alpha value is -1.89. The van der Waals surface area contributed by atoms with Crippen molar-refractivity contribution in [3.05, 3.63) is 57.0 Å². The van der Waals surface area contributed by atoms with E-state index in [0.717, 1.165) is 15.6 Å². The summed E-state index contributed by atoms with van der Waals surface area (Å²) in [6, 6.07) is 11.0. The molecule has 2 aromatic rings. The van der Waals surface area contributed by atoms with Gasteiger partial charge in [0.1, 0.15) is 12.3 Å². The first-order valence-corrected chi connectivity index (χ1v) is 8.79. The van der Waals surface area contributed by atoms with Gasteiger partial charge in [-0.1, -0.05) is 29.8 Å². The van der Waals surface area contributed by atoms with Crippen molar-refractivity contribution in [1.29, 1.82) is 0 Å². The summed E-state index contributed by atoms with van der Waals surface area (Å²) in [4.78, 5) is 16.5. The summed E-state index contributed by atoms with van der Waals surface area (Å²) in [5.74, 6) is 0.366. The highest BCUT2D eigenvalue weighted by Crippen LogP contribution is 2.35. The SMILES string of the molecule is COC(C)Oc1cc2c(cc1Br)C(c1ccccc1Cl)=NCC(=O)N2. The van der Waals surface area contributed by atoms with Gasteiger partial charge in [0.2, 0.25) is 5.91 Å². The summed E-state index contributed by atoms with van der Waals surface area (Å²) in [5, 5.41) is 3.44. The number of benzene rings is 2. The van der Waals surface area contributed by atoms with E-state index in [-0.39, 0.29) is 12.5 Å². The first-order valence-electron chi connectivity index (χ1n) is 7.62. The highest BCUT2D eigenvalue weighted by atomic mass is 79.9. The number of hydrogen-bond donors (Lipinski definition) is 1. The van der Waals surface area contributed by atoms with Crippen molar-refractivity contribution in [3.8, 4) is 5.75 Å². The molecule has 1 heterocycles. The highest BCUT2D eigenvalue weighted by molar-refractivity contribution is 9.10. The number of aliphatic imine (C=N–C) groups is 1. The molecular formula is C18H16BrClN2O3. The van der Waals surface area contributed by atoms with Crippen molar-refractivity contribution < 1.29 is 14.3 Å². The van der Waals surface area contributed by atoms with Crippen molar-refractivity contribution in [3.63, 3.8) is 0 Å². The molecule has 1 atom stereocenters. The van der Waals surface area contributed by atoms with Crippen LogP contribution in [0.3, 0.4) is 0 Å². The number of methoxy groups -OCH3 is 1. The zero-order chi connectivity index (χ0) is 18.0. The Kier molecular flexibility index (Phi) is 5.42. The molecule has 1 aliphatic rings. The number of nitrogens with one attached hydrogen (secondary N) is 1. The van der Waals surface area contributed by atoms with Crippen LogP contribution in [0.25, 0.3) is 0 Å². The number of halogens is 2. The Morgan fingerprint density at radius 2 is 2.04 bits per heavy atom. The van der Waals surface area contributed by atoms with Crippen LogP contribution >= 0.6 is 27.5 Å². The van der Waals surface area contributed by atoms with Crippen LogP contribution in [0.2, 0.25) is 5.02 Å². The van der Waals surface area contributed by atoms with Gasteiger partial charge in [-0.25, -0.2) is 0 Å². The average Bonchev–Trinajstić information content (AvgIpc) is 2.74. The number of fused-ring (bicyclic) bond motifs is 1.